The van der Waals surface area contributed by atoms with Gasteiger partial charge in [0.25, 0.3) is 5.56 Å². The molecule has 2 aromatic carbocycles. The molecular weight excluding hydrogens is 487 g/mol. The number of halogens is 3. The lowest BCUT2D eigenvalue weighted by Gasteiger charge is -2.18. The molecule has 3 aromatic rings. The van der Waals surface area contributed by atoms with Gasteiger partial charge in [-0.1, -0.05) is 6.07 Å². The molecule has 0 fully saturated rings. The zero-order valence-electron chi connectivity index (χ0n) is 18.3. The molecule has 184 valence electrons. The van der Waals surface area contributed by atoms with Crippen LogP contribution in [0.15, 0.2) is 59.5 Å². The van der Waals surface area contributed by atoms with Gasteiger partial charge in [0.15, 0.2) is 6.61 Å². The lowest BCUT2D eigenvalue weighted by Crippen LogP contribution is -2.22. The minimum absolute atomic E-state index is 0.110. The second-order valence-corrected chi connectivity index (χ2v) is 8.22. The average molecular weight is 507 g/mol. The maximum atomic E-state index is 12.8. The number of aromatic nitrogens is 1. The average Bonchev–Trinajstić information content (AvgIpc) is 2.80. The maximum Gasteiger partial charge on any atom is 0.422 e. The molecule has 0 atom stereocenters. The Kier molecular flexibility index (Phi) is 8.16. The summed E-state index contributed by atoms with van der Waals surface area (Å²) in [5.74, 6) is 0.329. The van der Waals surface area contributed by atoms with E-state index in [1.54, 1.807) is 42.5 Å². The van der Waals surface area contributed by atoms with Crippen molar-refractivity contribution < 1.29 is 31.1 Å². The van der Waals surface area contributed by atoms with E-state index in [4.69, 9.17) is 14.7 Å². The third kappa shape index (κ3) is 7.33. The Hall–Kier alpha value is -3.82. The van der Waals surface area contributed by atoms with Crippen LogP contribution in [0.4, 0.5) is 13.2 Å². The first-order valence-electron chi connectivity index (χ1n) is 10.1. The van der Waals surface area contributed by atoms with Crippen molar-refractivity contribution in [2.45, 2.75) is 12.6 Å². The molecule has 1 N–H and O–H groups in total. The fraction of sp³-hybridized carbons (Fsp3) is 0.217. The summed E-state index contributed by atoms with van der Waals surface area (Å²) in [4.78, 5) is 12.1. The first kappa shape index (κ1) is 25.8. The molecule has 0 amide bonds. The quantitative estimate of drug-likeness (QED) is 0.430. The lowest BCUT2D eigenvalue weighted by atomic mass is 10.0. The molecule has 0 spiro atoms. The van der Waals surface area contributed by atoms with Gasteiger partial charge in [-0.15, -0.1) is 0 Å². The van der Waals surface area contributed by atoms with Gasteiger partial charge < -0.3 is 14.0 Å². The molecule has 0 bridgehead atoms. The second-order valence-electron chi connectivity index (χ2n) is 7.39. The van der Waals surface area contributed by atoms with Crippen LogP contribution in [-0.4, -0.2) is 32.3 Å². The van der Waals surface area contributed by atoms with Crippen molar-refractivity contribution in [3.63, 3.8) is 0 Å². The van der Waals surface area contributed by atoms with E-state index in [1.165, 1.54) is 17.8 Å². The van der Waals surface area contributed by atoms with Crippen LogP contribution in [0.5, 0.6) is 17.2 Å². The highest BCUT2D eigenvalue weighted by atomic mass is 32.2. The molecular formula is C23H20F3N3O5S. The van der Waals surface area contributed by atoms with Crippen molar-refractivity contribution in [1.29, 1.82) is 5.26 Å². The van der Waals surface area contributed by atoms with Gasteiger partial charge in [0.2, 0.25) is 10.9 Å². The van der Waals surface area contributed by atoms with Crippen molar-refractivity contribution in [2.75, 3.05) is 13.2 Å². The topological polar surface area (TPSA) is 110 Å². The largest absolute Gasteiger partial charge is 0.483 e. The summed E-state index contributed by atoms with van der Waals surface area (Å²) in [5, 5.41) is 8.98. The van der Waals surface area contributed by atoms with E-state index in [-0.39, 0.29) is 30.0 Å². The molecule has 0 aliphatic rings. The SMILES string of the molecule is Cn1cc(-c2cc(CCN[SH](=O)=O)ccc2Oc2ccc(C#N)cc2)c(OCC(F)(F)F)cc1=O. The number of hydrogen-bond acceptors (Lipinski definition) is 6. The summed E-state index contributed by atoms with van der Waals surface area (Å²) in [5.41, 5.74) is 1.00. The molecule has 12 heteroatoms. The van der Waals surface area contributed by atoms with Gasteiger partial charge in [0.1, 0.15) is 17.2 Å². The molecule has 3 rings (SSSR count). The van der Waals surface area contributed by atoms with Crippen LogP contribution in [0.2, 0.25) is 0 Å². The molecule has 1 aromatic heterocycles. The third-order valence-electron chi connectivity index (χ3n) is 4.78. The molecule has 0 aliphatic carbocycles. The Morgan fingerprint density at radius 1 is 1.06 bits per heavy atom. The highest BCUT2D eigenvalue weighted by molar-refractivity contribution is 7.70. The number of nitrogens with one attached hydrogen (secondary N) is 1. The van der Waals surface area contributed by atoms with Gasteiger partial charge in [-0.05, 0) is 48.4 Å². The monoisotopic (exact) mass is 507 g/mol. The maximum absolute atomic E-state index is 12.8. The Morgan fingerprint density at radius 3 is 2.40 bits per heavy atom. The number of rotatable bonds is 9. The van der Waals surface area contributed by atoms with Gasteiger partial charge in [-0.3, -0.25) is 4.79 Å². The smallest absolute Gasteiger partial charge is 0.422 e. The van der Waals surface area contributed by atoms with Crippen LogP contribution in [0.1, 0.15) is 11.1 Å². The van der Waals surface area contributed by atoms with Crippen molar-refractivity contribution in [1.82, 2.24) is 9.29 Å². The van der Waals surface area contributed by atoms with Crippen LogP contribution < -0.4 is 19.8 Å². The Labute approximate surface area is 200 Å². The highest BCUT2D eigenvalue weighted by Crippen LogP contribution is 2.39. The van der Waals surface area contributed by atoms with E-state index in [1.807, 2.05) is 6.07 Å². The second kappa shape index (κ2) is 11.1. The number of benzene rings is 2. The molecule has 0 saturated carbocycles. The van der Waals surface area contributed by atoms with Gasteiger partial charge in [0, 0.05) is 37.0 Å². The number of hydrogen-bond donors (Lipinski definition) is 2. The van der Waals surface area contributed by atoms with E-state index in [0.29, 0.717) is 22.4 Å². The van der Waals surface area contributed by atoms with Crippen LogP contribution in [0.3, 0.4) is 0 Å². The summed E-state index contributed by atoms with van der Waals surface area (Å²) in [6, 6.07) is 14.1. The number of thiol groups is 1. The fourth-order valence-corrected chi connectivity index (χ4v) is 3.44. The van der Waals surface area contributed by atoms with Crippen molar-refractivity contribution in [2.24, 2.45) is 7.05 Å². The Bertz CT molecular complexity index is 1370. The van der Waals surface area contributed by atoms with Gasteiger partial charge >= 0.3 is 6.18 Å². The summed E-state index contributed by atoms with van der Waals surface area (Å²) in [6.07, 6.45) is -2.99. The number of nitriles is 1. The van der Waals surface area contributed by atoms with Gasteiger partial charge in [0.05, 0.1) is 11.6 Å². The van der Waals surface area contributed by atoms with Crippen LogP contribution in [0, 0.1) is 11.3 Å². The Balaban J connectivity index is 2.09. The van der Waals surface area contributed by atoms with E-state index in [2.05, 4.69) is 4.72 Å². The third-order valence-corrected chi connectivity index (χ3v) is 5.26. The van der Waals surface area contributed by atoms with E-state index in [9.17, 15) is 26.4 Å². The zero-order chi connectivity index (χ0) is 25.6. The van der Waals surface area contributed by atoms with Gasteiger partial charge in [-0.2, -0.15) is 18.4 Å². The van der Waals surface area contributed by atoms with Gasteiger partial charge in [-0.25, -0.2) is 13.1 Å². The minimum Gasteiger partial charge on any atom is -0.483 e. The molecule has 35 heavy (non-hydrogen) atoms. The van der Waals surface area contributed by atoms with Crippen LogP contribution in [-0.2, 0) is 24.4 Å². The number of ether oxygens (including phenoxy) is 2. The van der Waals surface area contributed by atoms with E-state index >= 15 is 0 Å². The standard InChI is InChI=1S/C23H20F3N3O5S/c1-29-13-19(21(11-22(29)30)33-14-23(24,25)26)18-10-15(8-9-28-35(31)32)4-7-20(18)34-17-5-2-16(12-27)3-6-17/h2-7,10-11,13,35H,8-9,14H2,1H3,(H,28,31,32). The first-order valence-corrected chi connectivity index (χ1v) is 11.3. The number of aryl methyl sites for hydroxylation is 1. The predicted molar refractivity (Wildman–Crippen MR) is 122 cm³/mol. The summed E-state index contributed by atoms with van der Waals surface area (Å²) < 4.78 is 74.5. The zero-order valence-corrected chi connectivity index (χ0v) is 19.2. The summed E-state index contributed by atoms with van der Waals surface area (Å²) >= 11 is 0. The minimum atomic E-state index is -4.62. The fourth-order valence-electron chi connectivity index (χ4n) is 3.14. The van der Waals surface area contributed by atoms with Crippen molar-refractivity contribution >= 4 is 10.9 Å². The summed E-state index contributed by atoms with van der Waals surface area (Å²) in [6.45, 7) is -1.49. The van der Waals surface area contributed by atoms with Crippen molar-refractivity contribution in [3.8, 4) is 34.4 Å². The molecule has 0 aliphatic heterocycles. The summed E-state index contributed by atoms with van der Waals surface area (Å²) in [7, 11) is -1.34. The molecule has 0 radical (unpaired) electrons. The Morgan fingerprint density at radius 2 is 1.77 bits per heavy atom. The van der Waals surface area contributed by atoms with Crippen LogP contribution in [0.25, 0.3) is 11.1 Å². The van der Waals surface area contributed by atoms with E-state index < -0.39 is 29.2 Å². The molecule has 0 unspecified atom stereocenters. The number of alkyl halides is 3. The molecule has 1 heterocycles. The molecule has 0 saturated heterocycles. The molecule has 8 nitrogen and oxygen atoms in total. The lowest BCUT2D eigenvalue weighted by molar-refractivity contribution is -0.153. The van der Waals surface area contributed by atoms with E-state index in [0.717, 1.165) is 6.07 Å². The number of pyridine rings is 1. The predicted octanol–water partition coefficient (Wildman–Crippen LogP) is 3.32. The van der Waals surface area contributed by atoms with Crippen LogP contribution >= 0.6 is 0 Å². The number of nitrogens with zero attached hydrogens (tertiary/aromatic N) is 2. The highest BCUT2D eigenvalue weighted by Gasteiger charge is 2.29. The van der Waals surface area contributed by atoms with Crippen molar-refractivity contribution in [3.05, 3.63) is 76.2 Å². The normalized spacial score (nSPS) is 11.3. The first-order chi connectivity index (χ1) is 16.6.